The van der Waals surface area contributed by atoms with Gasteiger partial charge in [-0.2, -0.15) is 4.37 Å². The number of rotatable bonds is 0. The molecule has 0 saturated heterocycles. The van der Waals surface area contributed by atoms with Crippen molar-refractivity contribution in [2.75, 3.05) is 0 Å². The molecule has 0 saturated carbocycles. The van der Waals surface area contributed by atoms with Crippen LogP contribution in [0, 0.1) is 5.82 Å². The molecule has 10 heavy (non-hydrogen) atoms. The molecule has 0 atom stereocenters. The van der Waals surface area contributed by atoms with E-state index in [1.54, 1.807) is 0 Å². The van der Waals surface area contributed by atoms with E-state index in [4.69, 9.17) is 0 Å². The van der Waals surface area contributed by atoms with Crippen molar-refractivity contribution >= 4 is 11.5 Å². The molecule has 1 nitrogen and oxygen atoms in total. The van der Waals surface area contributed by atoms with E-state index in [-0.39, 0.29) is 11.2 Å². The molecule has 0 spiro atoms. The van der Waals surface area contributed by atoms with E-state index < -0.39 is 0 Å². The van der Waals surface area contributed by atoms with E-state index in [1.165, 1.54) is 17.7 Å². The van der Waals surface area contributed by atoms with Crippen LogP contribution in [-0.4, -0.2) is 4.37 Å². The van der Waals surface area contributed by atoms with E-state index in [0.29, 0.717) is 0 Å². The van der Waals surface area contributed by atoms with Crippen LogP contribution in [0.4, 0.5) is 4.39 Å². The maximum Gasteiger partial charge on any atom is 0.157 e. The highest BCUT2D eigenvalue weighted by Gasteiger charge is 2.20. The lowest BCUT2D eigenvalue weighted by Crippen LogP contribution is -2.10. The van der Waals surface area contributed by atoms with Crippen LogP contribution in [0.2, 0.25) is 0 Å². The molecule has 56 valence electrons. The van der Waals surface area contributed by atoms with Crippen LogP contribution in [0.15, 0.2) is 6.20 Å². The zero-order valence-corrected chi connectivity index (χ0v) is 7.13. The van der Waals surface area contributed by atoms with Crippen LogP contribution < -0.4 is 0 Å². The summed E-state index contributed by atoms with van der Waals surface area (Å²) < 4.78 is 16.5. The van der Waals surface area contributed by atoms with Crippen molar-refractivity contribution in [3.63, 3.8) is 0 Å². The molecule has 1 aromatic heterocycles. The maximum absolute atomic E-state index is 12.8. The molecule has 0 aliphatic rings. The summed E-state index contributed by atoms with van der Waals surface area (Å²) in [6.07, 6.45) is 1.27. The maximum atomic E-state index is 12.8. The first-order chi connectivity index (χ1) is 4.52. The fourth-order valence-electron chi connectivity index (χ4n) is 0.723. The number of hydrogen-bond donors (Lipinski definition) is 0. The summed E-state index contributed by atoms with van der Waals surface area (Å²) >= 11 is 1.23. The van der Waals surface area contributed by atoms with E-state index in [1.807, 2.05) is 20.8 Å². The fourth-order valence-corrected chi connectivity index (χ4v) is 1.39. The van der Waals surface area contributed by atoms with Gasteiger partial charge in [0.05, 0.1) is 11.1 Å². The van der Waals surface area contributed by atoms with E-state index >= 15 is 0 Å². The highest BCUT2D eigenvalue weighted by molar-refractivity contribution is 7.05. The van der Waals surface area contributed by atoms with Crippen molar-refractivity contribution in [1.29, 1.82) is 0 Å². The van der Waals surface area contributed by atoms with Gasteiger partial charge in [0.2, 0.25) is 0 Å². The third-order valence-corrected chi connectivity index (χ3v) is 2.41. The summed E-state index contributed by atoms with van der Waals surface area (Å²) in [4.78, 5) is 0.729. The summed E-state index contributed by atoms with van der Waals surface area (Å²) in [6.45, 7) is 5.93. The first-order valence-corrected chi connectivity index (χ1v) is 3.90. The van der Waals surface area contributed by atoms with Crippen molar-refractivity contribution in [2.45, 2.75) is 26.2 Å². The van der Waals surface area contributed by atoms with Gasteiger partial charge in [-0.3, -0.25) is 0 Å². The minimum absolute atomic E-state index is 0.106. The average Bonchev–Trinajstić information content (AvgIpc) is 2.11. The largest absolute Gasteiger partial charge is 0.204 e. The Morgan fingerprint density at radius 3 is 2.30 bits per heavy atom. The molecule has 0 aliphatic carbocycles. The van der Waals surface area contributed by atoms with Gasteiger partial charge in [0.1, 0.15) is 0 Å². The van der Waals surface area contributed by atoms with Gasteiger partial charge in [-0.15, -0.1) is 0 Å². The smallest absolute Gasteiger partial charge is 0.157 e. The SMILES string of the molecule is CC(C)(C)c1sncc1F. The predicted octanol–water partition coefficient (Wildman–Crippen LogP) is 2.58. The molecule has 0 unspecified atom stereocenters. The molecular weight excluding hydrogens is 149 g/mol. The number of hydrogen-bond acceptors (Lipinski definition) is 2. The first-order valence-electron chi connectivity index (χ1n) is 3.12. The van der Waals surface area contributed by atoms with Gasteiger partial charge in [0.25, 0.3) is 0 Å². The Hall–Kier alpha value is -0.440. The third kappa shape index (κ3) is 1.34. The van der Waals surface area contributed by atoms with Crippen LogP contribution in [0.25, 0.3) is 0 Å². The lowest BCUT2D eigenvalue weighted by atomic mass is 9.95. The summed E-state index contributed by atoms with van der Waals surface area (Å²) in [7, 11) is 0. The molecule has 0 fully saturated rings. The van der Waals surface area contributed by atoms with Gasteiger partial charge in [-0.25, -0.2) is 4.39 Å². The molecule has 3 heteroatoms. The fraction of sp³-hybridized carbons (Fsp3) is 0.571. The van der Waals surface area contributed by atoms with Crippen molar-refractivity contribution in [3.8, 4) is 0 Å². The van der Waals surface area contributed by atoms with Crippen molar-refractivity contribution in [1.82, 2.24) is 4.37 Å². The molecular formula is C7H10FNS. The minimum Gasteiger partial charge on any atom is -0.204 e. The standard InChI is InChI=1S/C7H10FNS/c1-7(2,3)6-5(8)4-9-10-6/h4H,1-3H3. The highest BCUT2D eigenvalue weighted by Crippen LogP contribution is 2.27. The van der Waals surface area contributed by atoms with Crippen LogP contribution in [0.3, 0.4) is 0 Å². The zero-order chi connectivity index (χ0) is 7.78. The average molecular weight is 159 g/mol. The Labute approximate surface area is 64.1 Å². The second-order valence-corrected chi connectivity index (χ2v) is 4.05. The van der Waals surface area contributed by atoms with Gasteiger partial charge >= 0.3 is 0 Å². The second kappa shape index (κ2) is 2.31. The zero-order valence-electron chi connectivity index (χ0n) is 6.31. The van der Waals surface area contributed by atoms with Gasteiger partial charge in [-0.1, -0.05) is 20.8 Å². The summed E-state index contributed by atoms with van der Waals surface area (Å²) in [6, 6.07) is 0. The van der Waals surface area contributed by atoms with Crippen LogP contribution in [0.1, 0.15) is 25.6 Å². The first kappa shape index (κ1) is 7.66. The predicted molar refractivity (Wildman–Crippen MR) is 40.8 cm³/mol. The lowest BCUT2D eigenvalue weighted by Gasteiger charge is -2.14. The Morgan fingerprint density at radius 2 is 2.10 bits per heavy atom. The number of nitrogens with zero attached hydrogens (tertiary/aromatic N) is 1. The molecule has 0 N–H and O–H groups in total. The van der Waals surface area contributed by atoms with Crippen LogP contribution in [-0.2, 0) is 5.41 Å². The second-order valence-electron chi connectivity index (χ2n) is 3.25. The molecule has 0 aliphatic heterocycles. The quantitative estimate of drug-likeness (QED) is 0.567. The molecule has 0 aromatic carbocycles. The third-order valence-electron chi connectivity index (χ3n) is 1.21. The van der Waals surface area contributed by atoms with Crippen LogP contribution in [0.5, 0.6) is 0 Å². The Morgan fingerprint density at radius 1 is 1.50 bits per heavy atom. The Kier molecular flexibility index (Phi) is 1.77. The molecule has 1 heterocycles. The van der Waals surface area contributed by atoms with Gasteiger partial charge in [0.15, 0.2) is 5.82 Å². The van der Waals surface area contributed by atoms with Gasteiger partial charge in [-0.05, 0) is 11.5 Å². The van der Waals surface area contributed by atoms with Gasteiger partial charge < -0.3 is 0 Å². The van der Waals surface area contributed by atoms with Crippen molar-refractivity contribution in [3.05, 3.63) is 16.9 Å². The minimum atomic E-state index is -0.183. The van der Waals surface area contributed by atoms with Crippen molar-refractivity contribution in [2.24, 2.45) is 0 Å². The Bertz CT molecular complexity index is 224. The molecule has 1 aromatic rings. The lowest BCUT2D eigenvalue weighted by molar-refractivity contribution is 0.537. The monoisotopic (exact) mass is 159 g/mol. The van der Waals surface area contributed by atoms with E-state index in [9.17, 15) is 4.39 Å². The van der Waals surface area contributed by atoms with E-state index in [2.05, 4.69) is 4.37 Å². The van der Waals surface area contributed by atoms with Gasteiger partial charge in [0, 0.05) is 5.41 Å². The van der Waals surface area contributed by atoms with Crippen molar-refractivity contribution < 1.29 is 4.39 Å². The van der Waals surface area contributed by atoms with Crippen LogP contribution >= 0.6 is 11.5 Å². The topological polar surface area (TPSA) is 12.9 Å². The normalized spacial score (nSPS) is 12.0. The number of halogens is 1. The summed E-state index contributed by atoms with van der Waals surface area (Å²) in [5.74, 6) is -0.183. The molecule has 0 bridgehead atoms. The molecule has 0 amide bonds. The summed E-state index contributed by atoms with van der Waals surface area (Å²) in [5, 5.41) is 0. The summed E-state index contributed by atoms with van der Waals surface area (Å²) in [5.41, 5.74) is -0.106. The molecule has 1 rings (SSSR count). The Balaban J connectivity index is 3.05. The number of aromatic nitrogens is 1. The van der Waals surface area contributed by atoms with E-state index in [0.717, 1.165) is 4.88 Å². The molecule has 0 radical (unpaired) electrons. The highest BCUT2D eigenvalue weighted by atomic mass is 32.1.